The zero-order valence-electron chi connectivity index (χ0n) is 14.8. The molecule has 3 heteroatoms. The van der Waals surface area contributed by atoms with Crippen molar-refractivity contribution in [3.8, 4) is 5.75 Å². The van der Waals surface area contributed by atoms with E-state index in [4.69, 9.17) is 4.74 Å². The lowest BCUT2D eigenvalue weighted by Crippen LogP contribution is -2.28. The van der Waals surface area contributed by atoms with Gasteiger partial charge in [-0.1, -0.05) is 46.0 Å². The van der Waals surface area contributed by atoms with Crippen molar-refractivity contribution in [3.63, 3.8) is 0 Å². The van der Waals surface area contributed by atoms with Crippen LogP contribution < -0.4 is 4.74 Å². The molecule has 0 aromatic heterocycles. The van der Waals surface area contributed by atoms with E-state index >= 15 is 0 Å². The minimum absolute atomic E-state index is 0.153. The molecule has 0 radical (unpaired) electrons. The molecule has 2 nitrogen and oxygen atoms in total. The minimum atomic E-state index is -0.153. The Bertz CT molecular complexity index is 453. The third-order valence-electron chi connectivity index (χ3n) is 5.13. The molecular formula is C20H32FNO. The van der Waals surface area contributed by atoms with Gasteiger partial charge in [-0.15, -0.1) is 0 Å². The van der Waals surface area contributed by atoms with Crippen LogP contribution in [-0.4, -0.2) is 31.1 Å². The highest BCUT2D eigenvalue weighted by Gasteiger charge is 2.15. The van der Waals surface area contributed by atoms with Gasteiger partial charge >= 0.3 is 0 Å². The van der Waals surface area contributed by atoms with Crippen LogP contribution in [0.25, 0.3) is 0 Å². The van der Waals surface area contributed by atoms with Crippen molar-refractivity contribution in [2.75, 3.05) is 26.2 Å². The summed E-state index contributed by atoms with van der Waals surface area (Å²) in [5, 5.41) is 0. The monoisotopic (exact) mass is 321 g/mol. The van der Waals surface area contributed by atoms with Gasteiger partial charge in [-0.3, -0.25) is 0 Å². The van der Waals surface area contributed by atoms with Crippen molar-refractivity contribution in [1.29, 1.82) is 0 Å². The normalized spacial score (nSPS) is 16.0. The van der Waals surface area contributed by atoms with Crippen LogP contribution in [0.15, 0.2) is 18.2 Å². The van der Waals surface area contributed by atoms with Gasteiger partial charge < -0.3 is 9.64 Å². The second kappa shape index (κ2) is 9.92. The number of rotatable bonds is 9. The SMILES string of the molecule is CCN(CC)CCOc1ccc(F)cc1CCC1CCCCC1. The molecule has 1 saturated carbocycles. The molecule has 0 saturated heterocycles. The van der Waals surface area contributed by atoms with E-state index in [-0.39, 0.29) is 5.82 Å². The molecule has 130 valence electrons. The van der Waals surface area contributed by atoms with Crippen molar-refractivity contribution < 1.29 is 9.13 Å². The smallest absolute Gasteiger partial charge is 0.123 e. The molecule has 1 aliphatic carbocycles. The summed E-state index contributed by atoms with van der Waals surface area (Å²) in [4.78, 5) is 2.34. The number of hydrogen-bond acceptors (Lipinski definition) is 2. The van der Waals surface area contributed by atoms with E-state index in [1.807, 2.05) is 0 Å². The lowest BCUT2D eigenvalue weighted by molar-refractivity contribution is 0.221. The summed E-state index contributed by atoms with van der Waals surface area (Å²) in [5.74, 6) is 1.53. The maximum atomic E-state index is 13.6. The third kappa shape index (κ3) is 6.14. The molecule has 23 heavy (non-hydrogen) atoms. The number of aryl methyl sites for hydroxylation is 1. The van der Waals surface area contributed by atoms with E-state index in [2.05, 4.69) is 18.7 Å². The highest BCUT2D eigenvalue weighted by molar-refractivity contribution is 5.34. The van der Waals surface area contributed by atoms with E-state index in [0.717, 1.165) is 49.7 Å². The first-order valence-corrected chi connectivity index (χ1v) is 9.36. The highest BCUT2D eigenvalue weighted by atomic mass is 19.1. The lowest BCUT2D eigenvalue weighted by atomic mass is 9.85. The molecule has 2 rings (SSSR count). The summed E-state index contributed by atoms with van der Waals surface area (Å²) >= 11 is 0. The summed E-state index contributed by atoms with van der Waals surface area (Å²) in [6.45, 7) is 8.00. The van der Waals surface area contributed by atoms with Crippen LogP contribution in [0.4, 0.5) is 4.39 Å². The Morgan fingerprint density at radius 3 is 2.57 bits per heavy atom. The molecular weight excluding hydrogens is 289 g/mol. The standard InChI is InChI=1S/C20H32FNO/c1-3-22(4-2)14-15-23-20-13-12-19(21)16-18(20)11-10-17-8-6-5-7-9-17/h12-13,16-17H,3-11,14-15H2,1-2H3. The Morgan fingerprint density at radius 2 is 1.87 bits per heavy atom. The topological polar surface area (TPSA) is 12.5 Å². The van der Waals surface area contributed by atoms with Gasteiger partial charge in [0.25, 0.3) is 0 Å². The molecule has 1 aromatic carbocycles. The second-order valence-electron chi connectivity index (χ2n) is 6.67. The van der Waals surface area contributed by atoms with Crippen LogP contribution in [0.2, 0.25) is 0 Å². The fourth-order valence-corrected chi connectivity index (χ4v) is 3.54. The van der Waals surface area contributed by atoms with Crippen LogP contribution in [0.3, 0.4) is 0 Å². The summed E-state index contributed by atoms with van der Waals surface area (Å²) in [6, 6.07) is 4.97. The average Bonchev–Trinajstić information content (AvgIpc) is 2.59. The van der Waals surface area contributed by atoms with Gasteiger partial charge in [0.2, 0.25) is 0 Å². The molecule has 1 aliphatic rings. The molecule has 0 heterocycles. The number of nitrogens with zero attached hydrogens (tertiary/aromatic N) is 1. The van der Waals surface area contributed by atoms with Gasteiger partial charge in [-0.25, -0.2) is 4.39 Å². The number of benzene rings is 1. The first kappa shape index (κ1) is 18.3. The molecule has 0 N–H and O–H groups in total. The Balaban J connectivity index is 1.88. The van der Waals surface area contributed by atoms with Crippen LogP contribution in [0.1, 0.15) is 57.9 Å². The molecule has 0 bridgehead atoms. The fourth-order valence-electron chi connectivity index (χ4n) is 3.54. The Kier molecular flexibility index (Phi) is 7.87. The van der Waals surface area contributed by atoms with Crippen molar-refractivity contribution >= 4 is 0 Å². The van der Waals surface area contributed by atoms with E-state index in [9.17, 15) is 4.39 Å². The molecule has 0 atom stereocenters. The maximum Gasteiger partial charge on any atom is 0.123 e. The van der Waals surface area contributed by atoms with Gasteiger partial charge in [-0.05, 0) is 55.6 Å². The van der Waals surface area contributed by atoms with Crippen LogP contribution in [-0.2, 0) is 6.42 Å². The summed E-state index contributed by atoms with van der Waals surface area (Å²) in [5.41, 5.74) is 1.04. The van der Waals surface area contributed by atoms with Crippen molar-refractivity contribution in [1.82, 2.24) is 4.90 Å². The summed E-state index contributed by atoms with van der Waals surface area (Å²) < 4.78 is 19.6. The number of halogens is 1. The average molecular weight is 321 g/mol. The Morgan fingerprint density at radius 1 is 1.13 bits per heavy atom. The van der Waals surface area contributed by atoms with Gasteiger partial charge in [0.1, 0.15) is 18.2 Å². The first-order valence-electron chi connectivity index (χ1n) is 9.36. The minimum Gasteiger partial charge on any atom is -0.492 e. The van der Waals surface area contributed by atoms with Crippen LogP contribution in [0.5, 0.6) is 5.75 Å². The largest absolute Gasteiger partial charge is 0.492 e. The lowest BCUT2D eigenvalue weighted by Gasteiger charge is -2.22. The number of hydrogen-bond donors (Lipinski definition) is 0. The molecule has 1 fully saturated rings. The predicted molar refractivity (Wildman–Crippen MR) is 94.6 cm³/mol. The van der Waals surface area contributed by atoms with Crippen LogP contribution >= 0.6 is 0 Å². The quantitative estimate of drug-likeness (QED) is 0.630. The third-order valence-corrected chi connectivity index (χ3v) is 5.13. The van der Waals surface area contributed by atoms with Gasteiger partial charge in [0.15, 0.2) is 0 Å². The number of likely N-dealkylation sites (N-methyl/N-ethyl adjacent to an activating group) is 1. The molecule has 1 aromatic rings. The predicted octanol–water partition coefficient (Wildman–Crippen LogP) is 5.06. The van der Waals surface area contributed by atoms with Crippen molar-refractivity contribution in [2.45, 2.75) is 58.8 Å². The van der Waals surface area contributed by atoms with E-state index in [1.165, 1.54) is 38.2 Å². The fraction of sp³-hybridized carbons (Fsp3) is 0.700. The van der Waals surface area contributed by atoms with Crippen LogP contribution in [0, 0.1) is 11.7 Å². The van der Waals surface area contributed by atoms with E-state index in [1.54, 1.807) is 12.1 Å². The first-order chi connectivity index (χ1) is 11.2. The Hall–Kier alpha value is -1.09. The van der Waals surface area contributed by atoms with E-state index in [0.29, 0.717) is 6.61 Å². The molecule has 0 unspecified atom stereocenters. The highest BCUT2D eigenvalue weighted by Crippen LogP contribution is 2.29. The molecule has 0 aliphatic heterocycles. The van der Waals surface area contributed by atoms with Gasteiger partial charge in [0.05, 0.1) is 0 Å². The van der Waals surface area contributed by atoms with Gasteiger partial charge in [-0.2, -0.15) is 0 Å². The summed E-state index contributed by atoms with van der Waals surface area (Å²) in [6.07, 6.45) is 8.89. The van der Waals surface area contributed by atoms with Crippen molar-refractivity contribution in [2.24, 2.45) is 5.92 Å². The van der Waals surface area contributed by atoms with Crippen molar-refractivity contribution in [3.05, 3.63) is 29.6 Å². The zero-order chi connectivity index (χ0) is 16.5. The maximum absolute atomic E-state index is 13.6. The zero-order valence-corrected chi connectivity index (χ0v) is 14.8. The summed E-state index contributed by atoms with van der Waals surface area (Å²) in [7, 11) is 0. The molecule has 0 amide bonds. The number of ether oxygens (including phenoxy) is 1. The van der Waals surface area contributed by atoms with E-state index < -0.39 is 0 Å². The van der Waals surface area contributed by atoms with Gasteiger partial charge in [0, 0.05) is 6.54 Å². The second-order valence-corrected chi connectivity index (χ2v) is 6.67. The Labute approximate surface area is 141 Å². The molecule has 0 spiro atoms.